The molecule has 0 aliphatic carbocycles. The van der Waals surface area contributed by atoms with E-state index >= 15 is 0 Å². The van der Waals surface area contributed by atoms with Crippen molar-refractivity contribution in [2.75, 3.05) is 11.9 Å². The smallest absolute Gasteiger partial charge is 0.230 e. The summed E-state index contributed by atoms with van der Waals surface area (Å²) in [6.07, 6.45) is 0.415. The molecule has 0 aliphatic heterocycles. The fraction of sp³-hybridized carbons (Fsp3) is 0.667. The minimum atomic E-state index is -0.0822. The van der Waals surface area contributed by atoms with E-state index < -0.39 is 0 Å². The average Bonchev–Trinajstić information content (AvgIpc) is 1.87. The van der Waals surface area contributed by atoms with Crippen LogP contribution < -0.4 is 5.32 Å². The quantitative estimate of drug-likeness (QED) is 0.683. The van der Waals surface area contributed by atoms with Crippen molar-refractivity contribution in [1.82, 2.24) is 5.32 Å². The van der Waals surface area contributed by atoms with Crippen molar-refractivity contribution in [1.29, 1.82) is 0 Å². The molecule has 0 aromatic carbocycles. The van der Waals surface area contributed by atoms with Crippen LogP contribution >= 0.6 is 15.9 Å². The Kier molecular flexibility index (Phi) is 5.20. The third-order valence-corrected chi connectivity index (χ3v) is 1.43. The van der Waals surface area contributed by atoms with Gasteiger partial charge in [-0.25, -0.2) is 0 Å². The van der Waals surface area contributed by atoms with Crippen LogP contribution in [0.2, 0.25) is 0 Å². The second-order valence-electron chi connectivity index (χ2n) is 1.94. The van der Waals surface area contributed by atoms with E-state index in [-0.39, 0.29) is 11.7 Å². The summed E-state index contributed by atoms with van der Waals surface area (Å²) in [4.78, 5) is 20.9. The minimum Gasteiger partial charge on any atom is -0.355 e. The molecular weight excluding hydrogens is 198 g/mol. The first-order valence-corrected chi connectivity index (χ1v) is 4.11. The highest BCUT2D eigenvalue weighted by molar-refractivity contribution is 9.09. The number of hydrogen-bond donors (Lipinski definition) is 1. The maximum atomic E-state index is 10.5. The molecular formula is C6H10BrNO2. The summed E-state index contributed by atoms with van der Waals surface area (Å²) < 4.78 is 0. The summed E-state index contributed by atoms with van der Waals surface area (Å²) in [7, 11) is 0. The summed E-state index contributed by atoms with van der Waals surface area (Å²) in [5.74, 6) is 0.0103. The van der Waals surface area contributed by atoms with E-state index in [2.05, 4.69) is 21.2 Å². The SMILES string of the molecule is CC(=O)CCNC(=O)CBr. The molecule has 0 aromatic heterocycles. The summed E-state index contributed by atoms with van der Waals surface area (Å²) in [6, 6.07) is 0. The molecule has 0 saturated heterocycles. The topological polar surface area (TPSA) is 46.2 Å². The highest BCUT2D eigenvalue weighted by atomic mass is 79.9. The molecule has 3 nitrogen and oxygen atoms in total. The van der Waals surface area contributed by atoms with Crippen molar-refractivity contribution in [2.45, 2.75) is 13.3 Å². The molecule has 0 radical (unpaired) electrons. The van der Waals surface area contributed by atoms with Crippen molar-refractivity contribution in [3.8, 4) is 0 Å². The Balaban J connectivity index is 3.20. The molecule has 0 saturated carbocycles. The van der Waals surface area contributed by atoms with Gasteiger partial charge in [-0.2, -0.15) is 0 Å². The lowest BCUT2D eigenvalue weighted by atomic mass is 10.3. The lowest BCUT2D eigenvalue weighted by molar-refractivity contribution is -0.119. The number of halogens is 1. The molecule has 0 spiro atoms. The van der Waals surface area contributed by atoms with E-state index in [1.165, 1.54) is 6.92 Å². The van der Waals surface area contributed by atoms with Crippen LogP contribution in [-0.2, 0) is 9.59 Å². The summed E-state index contributed by atoms with van der Waals surface area (Å²) in [5.41, 5.74) is 0. The highest BCUT2D eigenvalue weighted by Gasteiger charge is 1.97. The second-order valence-corrected chi connectivity index (χ2v) is 2.50. The molecule has 10 heavy (non-hydrogen) atoms. The van der Waals surface area contributed by atoms with Gasteiger partial charge in [-0.1, -0.05) is 15.9 Å². The van der Waals surface area contributed by atoms with Crippen molar-refractivity contribution in [2.24, 2.45) is 0 Å². The minimum absolute atomic E-state index is 0.0822. The molecule has 0 aromatic rings. The van der Waals surface area contributed by atoms with Gasteiger partial charge in [0.25, 0.3) is 0 Å². The maximum absolute atomic E-state index is 10.5. The Morgan fingerprint density at radius 2 is 2.10 bits per heavy atom. The lowest BCUT2D eigenvalue weighted by Crippen LogP contribution is -2.26. The molecule has 0 heterocycles. The Bertz CT molecular complexity index is 136. The predicted octanol–water partition coefficient (Wildman–Crippen LogP) is 0.477. The van der Waals surface area contributed by atoms with Crippen LogP contribution in [0.1, 0.15) is 13.3 Å². The molecule has 58 valence electrons. The number of hydrogen-bond acceptors (Lipinski definition) is 2. The second kappa shape index (κ2) is 5.41. The van der Waals surface area contributed by atoms with Crippen LogP contribution in [-0.4, -0.2) is 23.6 Å². The van der Waals surface area contributed by atoms with Gasteiger partial charge in [-0.05, 0) is 6.92 Å². The van der Waals surface area contributed by atoms with Crippen molar-refractivity contribution >= 4 is 27.6 Å². The van der Waals surface area contributed by atoms with Gasteiger partial charge in [0.05, 0.1) is 5.33 Å². The van der Waals surface area contributed by atoms with Gasteiger partial charge in [0.2, 0.25) is 5.91 Å². The standard InChI is InChI=1S/C6H10BrNO2/c1-5(9)2-3-8-6(10)4-7/h2-4H2,1H3,(H,8,10). The highest BCUT2D eigenvalue weighted by Crippen LogP contribution is 1.81. The zero-order valence-corrected chi connectivity index (χ0v) is 7.40. The Hall–Kier alpha value is -0.380. The van der Waals surface area contributed by atoms with Gasteiger partial charge < -0.3 is 5.32 Å². The van der Waals surface area contributed by atoms with E-state index in [1.54, 1.807) is 0 Å². The number of carbonyl (C=O) groups is 2. The lowest BCUT2D eigenvalue weighted by Gasteiger charge is -1.98. The molecule has 4 heteroatoms. The molecule has 0 aliphatic rings. The van der Waals surface area contributed by atoms with Crippen LogP contribution in [0.4, 0.5) is 0 Å². The third-order valence-electron chi connectivity index (χ3n) is 0.921. The Morgan fingerprint density at radius 1 is 1.50 bits per heavy atom. The van der Waals surface area contributed by atoms with Crippen molar-refractivity contribution < 1.29 is 9.59 Å². The summed E-state index contributed by atoms with van der Waals surface area (Å²) >= 11 is 2.99. The fourth-order valence-electron chi connectivity index (χ4n) is 0.425. The first kappa shape index (κ1) is 9.62. The maximum Gasteiger partial charge on any atom is 0.230 e. The van der Waals surface area contributed by atoms with Gasteiger partial charge in [0.15, 0.2) is 0 Å². The van der Waals surface area contributed by atoms with Gasteiger partial charge in [0.1, 0.15) is 5.78 Å². The Labute approximate surface area is 68.3 Å². The van der Waals surface area contributed by atoms with Crippen LogP contribution in [0.5, 0.6) is 0 Å². The number of nitrogens with one attached hydrogen (secondary N) is 1. The van der Waals surface area contributed by atoms with Crippen molar-refractivity contribution in [3.05, 3.63) is 0 Å². The molecule has 0 fully saturated rings. The fourth-order valence-corrected chi connectivity index (χ4v) is 0.623. The monoisotopic (exact) mass is 207 g/mol. The molecule has 1 N–H and O–H groups in total. The van der Waals surface area contributed by atoms with Gasteiger partial charge in [-0.3, -0.25) is 9.59 Å². The zero-order chi connectivity index (χ0) is 7.98. The first-order chi connectivity index (χ1) is 4.66. The van der Waals surface area contributed by atoms with Crippen LogP contribution in [0.25, 0.3) is 0 Å². The zero-order valence-electron chi connectivity index (χ0n) is 5.82. The average molecular weight is 208 g/mol. The van der Waals surface area contributed by atoms with E-state index in [4.69, 9.17) is 0 Å². The van der Waals surface area contributed by atoms with E-state index in [1.807, 2.05) is 0 Å². The van der Waals surface area contributed by atoms with Crippen LogP contribution in [0.15, 0.2) is 0 Å². The van der Waals surface area contributed by atoms with Gasteiger partial charge in [-0.15, -0.1) is 0 Å². The number of carbonyl (C=O) groups excluding carboxylic acids is 2. The number of alkyl halides is 1. The number of amides is 1. The third kappa shape index (κ3) is 5.75. The molecule has 0 unspecified atom stereocenters. The summed E-state index contributed by atoms with van der Waals surface area (Å²) in [6.45, 7) is 1.94. The van der Waals surface area contributed by atoms with Crippen LogP contribution in [0.3, 0.4) is 0 Å². The van der Waals surface area contributed by atoms with Gasteiger partial charge in [0, 0.05) is 13.0 Å². The number of ketones is 1. The predicted molar refractivity (Wildman–Crippen MR) is 42.1 cm³/mol. The number of rotatable bonds is 4. The van der Waals surface area contributed by atoms with Crippen LogP contribution in [0, 0.1) is 0 Å². The summed E-state index contributed by atoms with van der Waals surface area (Å²) in [5, 5.41) is 2.85. The van der Waals surface area contributed by atoms with E-state index in [0.29, 0.717) is 18.3 Å². The largest absolute Gasteiger partial charge is 0.355 e. The van der Waals surface area contributed by atoms with E-state index in [9.17, 15) is 9.59 Å². The molecule has 0 bridgehead atoms. The molecule has 1 amide bonds. The molecule has 0 atom stereocenters. The molecule has 0 rings (SSSR count). The first-order valence-electron chi connectivity index (χ1n) is 2.99. The number of Topliss-reactive ketones (excluding diaryl/α,β-unsaturated/α-hetero) is 1. The Morgan fingerprint density at radius 3 is 2.50 bits per heavy atom. The van der Waals surface area contributed by atoms with Crippen molar-refractivity contribution in [3.63, 3.8) is 0 Å². The van der Waals surface area contributed by atoms with Gasteiger partial charge >= 0.3 is 0 Å². The van der Waals surface area contributed by atoms with E-state index in [0.717, 1.165) is 0 Å². The normalized spacial score (nSPS) is 9.00.